The van der Waals surface area contributed by atoms with E-state index in [0.29, 0.717) is 17.7 Å². The van der Waals surface area contributed by atoms with Crippen molar-refractivity contribution in [1.82, 2.24) is 0 Å². The molecule has 0 aromatic heterocycles. The van der Waals surface area contributed by atoms with Crippen molar-refractivity contribution in [3.05, 3.63) is 47.1 Å². The third kappa shape index (κ3) is 4.48. The normalized spacial score (nSPS) is 13.8. The molecule has 122 valence electrons. The number of hydrogen-bond donors (Lipinski definition) is 2. The minimum absolute atomic E-state index is 0.225. The van der Waals surface area contributed by atoms with Crippen LogP contribution in [0.15, 0.2) is 30.4 Å². The molecule has 0 radical (unpaired) electrons. The van der Waals surface area contributed by atoms with Gasteiger partial charge in [0.1, 0.15) is 5.75 Å². The topological polar surface area (TPSA) is 40.5 Å². The summed E-state index contributed by atoms with van der Waals surface area (Å²) in [5.74, 6) is 0.538. The highest BCUT2D eigenvalue weighted by atomic mass is 16.3. The van der Waals surface area contributed by atoms with Gasteiger partial charge in [0.15, 0.2) is 0 Å². The lowest BCUT2D eigenvalue weighted by atomic mass is 9.83. The third-order valence-electron chi connectivity index (χ3n) is 4.15. The molecule has 0 bridgehead atoms. The van der Waals surface area contributed by atoms with Crippen LogP contribution in [0.5, 0.6) is 5.75 Å². The summed E-state index contributed by atoms with van der Waals surface area (Å²) in [7, 11) is 0. The number of phenols is 1. The molecule has 1 unspecified atom stereocenters. The van der Waals surface area contributed by atoms with Crippen molar-refractivity contribution in [3.63, 3.8) is 0 Å². The third-order valence-corrected chi connectivity index (χ3v) is 4.15. The molecule has 1 aromatic carbocycles. The maximum absolute atomic E-state index is 10.8. The van der Waals surface area contributed by atoms with Gasteiger partial charge in [-0.1, -0.05) is 32.1 Å². The maximum atomic E-state index is 10.8. The summed E-state index contributed by atoms with van der Waals surface area (Å²) < 4.78 is 0. The first-order valence-corrected chi connectivity index (χ1v) is 7.95. The molecule has 0 amide bonds. The highest BCUT2D eigenvalue weighted by molar-refractivity contribution is 5.73. The summed E-state index contributed by atoms with van der Waals surface area (Å²) in [5.41, 5.74) is 3.78. The summed E-state index contributed by atoms with van der Waals surface area (Å²) in [4.78, 5) is 0. The first kappa shape index (κ1) is 18.5. The van der Waals surface area contributed by atoms with Gasteiger partial charge < -0.3 is 10.2 Å². The molecule has 0 aliphatic rings. The van der Waals surface area contributed by atoms with Crippen LogP contribution in [-0.2, 0) is 0 Å². The molecule has 1 atom stereocenters. The number of hydrogen-bond acceptors (Lipinski definition) is 2. The molecule has 2 nitrogen and oxygen atoms in total. The Morgan fingerprint density at radius 1 is 1.32 bits per heavy atom. The van der Waals surface area contributed by atoms with Crippen LogP contribution < -0.4 is 0 Å². The molecule has 0 aliphatic heterocycles. The van der Waals surface area contributed by atoms with Crippen LogP contribution in [0.3, 0.4) is 0 Å². The molecule has 0 spiro atoms. The van der Waals surface area contributed by atoms with Crippen LogP contribution in [0.4, 0.5) is 0 Å². The summed E-state index contributed by atoms with van der Waals surface area (Å²) >= 11 is 0. The van der Waals surface area contributed by atoms with Gasteiger partial charge in [-0.25, -0.2) is 0 Å². The maximum Gasteiger partial charge on any atom is 0.119 e. The molecule has 1 rings (SSSR count). The Morgan fingerprint density at radius 3 is 2.41 bits per heavy atom. The van der Waals surface area contributed by atoms with Crippen LogP contribution in [0.2, 0.25) is 0 Å². The fourth-order valence-corrected chi connectivity index (χ4v) is 2.58. The van der Waals surface area contributed by atoms with Gasteiger partial charge in [0.2, 0.25) is 0 Å². The fraction of sp³-hybridized carbons (Fsp3) is 0.500. The molecule has 0 saturated heterocycles. The molecule has 0 fully saturated rings. The van der Waals surface area contributed by atoms with Crippen molar-refractivity contribution < 1.29 is 10.2 Å². The first-order valence-electron chi connectivity index (χ1n) is 7.95. The van der Waals surface area contributed by atoms with Crippen molar-refractivity contribution in [2.75, 3.05) is 0 Å². The number of allylic oxidation sites excluding steroid dienone is 2. The van der Waals surface area contributed by atoms with Crippen molar-refractivity contribution in [2.24, 2.45) is 0 Å². The zero-order valence-electron chi connectivity index (χ0n) is 14.8. The molecule has 22 heavy (non-hydrogen) atoms. The minimum Gasteiger partial charge on any atom is -0.508 e. The molecular weight excluding hydrogens is 272 g/mol. The van der Waals surface area contributed by atoms with Crippen molar-refractivity contribution in [3.8, 4) is 5.75 Å². The van der Waals surface area contributed by atoms with E-state index >= 15 is 0 Å². The average molecular weight is 302 g/mol. The smallest absolute Gasteiger partial charge is 0.119 e. The van der Waals surface area contributed by atoms with Gasteiger partial charge in [-0.2, -0.15) is 0 Å². The second-order valence-corrected chi connectivity index (χ2v) is 6.95. The van der Waals surface area contributed by atoms with Gasteiger partial charge in [0.05, 0.1) is 5.60 Å². The monoisotopic (exact) mass is 302 g/mol. The van der Waals surface area contributed by atoms with Gasteiger partial charge in [-0.3, -0.25) is 0 Å². The first-order chi connectivity index (χ1) is 10.1. The minimum atomic E-state index is -0.956. The molecule has 1 aromatic rings. The molecule has 0 saturated carbocycles. The van der Waals surface area contributed by atoms with Crippen LogP contribution >= 0.6 is 0 Å². The van der Waals surface area contributed by atoms with Gasteiger partial charge in [0, 0.05) is 0 Å². The zero-order valence-corrected chi connectivity index (χ0v) is 14.8. The number of aryl methyl sites for hydroxylation is 1. The second-order valence-electron chi connectivity index (χ2n) is 6.95. The van der Waals surface area contributed by atoms with Gasteiger partial charge in [-0.15, -0.1) is 0 Å². The Kier molecular flexibility index (Phi) is 6.01. The largest absolute Gasteiger partial charge is 0.508 e. The van der Waals surface area contributed by atoms with Crippen LogP contribution in [0, 0.1) is 6.92 Å². The lowest BCUT2D eigenvalue weighted by Gasteiger charge is -2.28. The van der Waals surface area contributed by atoms with Gasteiger partial charge >= 0.3 is 0 Å². The summed E-state index contributed by atoms with van der Waals surface area (Å²) in [6.07, 6.45) is 3.59. The van der Waals surface area contributed by atoms with E-state index in [1.54, 1.807) is 6.07 Å². The van der Waals surface area contributed by atoms with Crippen LogP contribution in [0.25, 0.3) is 5.57 Å². The quantitative estimate of drug-likeness (QED) is 0.697. The Hall–Kier alpha value is -1.54. The van der Waals surface area contributed by atoms with E-state index in [1.807, 2.05) is 33.8 Å². The average Bonchev–Trinajstić information content (AvgIpc) is 2.36. The number of aromatic hydroxyl groups is 1. The fourth-order valence-electron chi connectivity index (χ4n) is 2.58. The molecule has 2 N–H and O–H groups in total. The predicted molar refractivity (Wildman–Crippen MR) is 95.3 cm³/mol. The highest BCUT2D eigenvalue weighted by Crippen LogP contribution is 2.36. The Morgan fingerprint density at radius 2 is 1.91 bits per heavy atom. The summed E-state index contributed by atoms with van der Waals surface area (Å²) in [5, 5.41) is 20.9. The number of rotatable bonds is 6. The summed E-state index contributed by atoms with van der Waals surface area (Å²) in [6.45, 7) is 16.1. The molecular formula is C20H30O2. The van der Waals surface area contributed by atoms with E-state index in [-0.39, 0.29) is 5.92 Å². The predicted octanol–water partition coefficient (Wildman–Crippen LogP) is 5.33. The SMILES string of the molecule is C=C(c1cc(C(C)C)c(O)cc1C)C(C)(O)CCC=C(C)C. The summed E-state index contributed by atoms with van der Waals surface area (Å²) in [6, 6.07) is 3.73. The Bertz CT molecular complexity index is 574. The highest BCUT2D eigenvalue weighted by Gasteiger charge is 2.26. The second kappa shape index (κ2) is 7.15. The Balaban J connectivity index is 3.11. The van der Waals surface area contributed by atoms with Crippen molar-refractivity contribution in [2.45, 2.75) is 65.9 Å². The lowest BCUT2D eigenvalue weighted by molar-refractivity contribution is 0.114. The van der Waals surface area contributed by atoms with Gasteiger partial charge in [-0.05, 0) is 80.9 Å². The van der Waals surface area contributed by atoms with E-state index in [0.717, 1.165) is 23.1 Å². The van der Waals surface area contributed by atoms with E-state index in [4.69, 9.17) is 0 Å². The molecule has 0 heterocycles. The molecule has 0 aliphatic carbocycles. The number of aliphatic hydroxyl groups is 1. The van der Waals surface area contributed by atoms with Crippen molar-refractivity contribution >= 4 is 5.57 Å². The molecule has 2 heteroatoms. The number of phenolic OH excluding ortho intramolecular Hbond substituents is 1. The zero-order chi connectivity index (χ0) is 17.1. The van der Waals surface area contributed by atoms with Crippen LogP contribution in [-0.4, -0.2) is 15.8 Å². The number of benzene rings is 1. The van der Waals surface area contributed by atoms with Crippen LogP contribution in [0.1, 0.15) is 70.1 Å². The van der Waals surface area contributed by atoms with Crippen molar-refractivity contribution in [1.29, 1.82) is 0 Å². The Labute approximate surface area is 135 Å². The van der Waals surface area contributed by atoms with E-state index in [1.165, 1.54) is 5.57 Å². The van der Waals surface area contributed by atoms with Gasteiger partial charge in [0.25, 0.3) is 0 Å². The van der Waals surface area contributed by atoms with E-state index in [9.17, 15) is 10.2 Å². The van der Waals surface area contributed by atoms with E-state index < -0.39 is 5.60 Å². The van der Waals surface area contributed by atoms with E-state index in [2.05, 4.69) is 26.5 Å². The standard InChI is InChI=1S/C20H30O2/c1-13(2)9-8-10-20(7,22)16(6)18-12-17(14(3)4)19(21)11-15(18)5/h9,11-12,14,21-22H,6,8,10H2,1-5,7H3. The lowest BCUT2D eigenvalue weighted by Crippen LogP contribution is -2.25.